The molecule has 0 amide bonds. The molecular formula is C21H37N7. The lowest BCUT2D eigenvalue weighted by Gasteiger charge is -2.13. The fourth-order valence-electron chi connectivity index (χ4n) is 3.58. The number of aryl methyl sites for hydroxylation is 1. The van der Waals surface area contributed by atoms with Crippen molar-refractivity contribution < 1.29 is 0 Å². The topological polar surface area (TPSA) is 119 Å². The van der Waals surface area contributed by atoms with Gasteiger partial charge in [-0.15, -0.1) is 0 Å². The molecule has 0 saturated carbocycles. The van der Waals surface area contributed by atoms with Gasteiger partial charge in [0.25, 0.3) is 0 Å². The standard InChI is InChI=1S/C21H37N7/c1-3-5-6-7-8-9-10-11-12-14-18-24-15-17(25-18)16(13-4-2)19-26-20(22)28-21(23)27-19/h15-16H,3-14H2,1-2H3,(H,24,25)(H4,22,23,26,27,28). The minimum Gasteiger partial charge on any atom is -0.368 e. The Morgan fingerprint density at radius 3 is 2.04 bits per heavy atom. The van der Waals surface area contributed by atoms with Crippen LogP contribution in [0.4, 0.5) is 11.9 Å². The van der Waals surface area contributed by atoms with Gasteiger partial charge in [0, 0.05) is 18.3 Å². The van der Waals surface area contributed by atoms with Gasteiger partial charge in [0.2, 0.25) is 11.9 Å². The highest BCUT2D eigenvalue weighted by Crippen LogP contribution is 2.26. The second kappa shape index (κ2) is 12.3. The number of rotatable bonds is 14. The monoisotopic (exact) mass is 387 g/mol. The number of imidazole rings is 1. The molecule has 2 aromatic heterocycles. The quantitative estimate of drug-likeness (QED) is 0.402. The maximum atomic E-state index is 5.75. The highest BCUT2D eigenvalue weighted by molar-refractivity contribution is 5.29. The first kappa shape index (κ1) is 22.1. The number of nitrogen functional groups attached to an aromatic ring is 2. The molecule has 0 fully saturated rings. The molecule has 0 aliphatic heterocycles. The van der Waals surface area contributed by atoms with Crippen molar-refractivity contribution in [3.63, 3.8) is 0 Å². The van der Waals surface area contributed by atoms with Crippen molar-refractivity contribution in [1.29, 1.82) is 0 Å². The van der Waals surface area contributed by atoms with Gasteiger partial charge in [-0.2, -0.15) is 15.0 Å². The average molecular weight is 388 g/mol. The van der Waals surface area contributed by atoms with Gasteiger partial charge in [0.1, 0.15) is 11.6 Å². The molecule has 1 atom stereocenters. The van der Waals surface area contributed by atoms with E-state index in [9.17, 15) is 0 Å². The normalized spacial score (nSPS) is 12.4. The van der Waals surface area contributed by atoms with Gasteiger partial charge >= 0.3 is 0 Å². The van der Waals surface area contributed by atoms with Crippen LogP contribution in [-0.4, -0.2) is 24.9 Å². The summed E-state index contributed by atoms with van der Waals surface area (Å²) in [7, 11) is 0. The summed E-state index contributed by atoms with van der Waals surface area (Å²) in [5, 5.41) is 0. The number of unbranched alkanes of at least 4 members (excludes halogenated alkanes) is 8. The predicted molar refractivity (Wildman–Crippen MR) is 115 cm³/mol. The maximum Gasteiger partial charge on any atom is 0.225 e. The molecule has 28 heavy (non-hydrogen) atoms. The molecule has 0 aliphatic carbocycles. The summed E-state index contributed by atoms with van der Waals surface area (Å²) in [5.74, 6) is 2.00. The highest BCUT2D eigenvalue weighted by atomic mass is 15.1. The Bertz CT molecular complexity index is 663. The smallest absolute Gasteiger partial charge is 0.225 e. The van der Waals surface area contributed by atoms with Crippen LogP contribution in [0.1, 0.15) is 108 Å². The number of hydrogen-bond acceptors (Lipinski definition) is 6. The van der Waals surface area contributed by atoms with E-state index in [1.165, 1.54) is 57.8 Å². The van der Waals surface area contributed by atoms with Crippen LogP contribution in [0.5, 0.6) is 0 Å². The fourth-order valence-corrected chi connectivity index (χ4v) is 3.58. The van der Waals surface area contributed by atoms with Crippen LogP contribution in [0.2, 0.25) is 0 Å². The fraction of sp³-hybridized carbons (Fsp3) is 0.714. The van der Waals surface area contributed by atoms with E-state index in [2.05, 4.69) is 38.8 Å². The molecule has 0 saturated heterocycles. The Kier molecular flexibility index (Phi) is 9.72. The molecule has 0 aliphatic rings. The summed E-state index contributed by atoms with van der Waals surface area (Å²) < 4.78 is 0. The highest BCUT2D eigenvalue weighted by Gasteiger charge is 2.20. The van der Waals surface area contributed by atoms with E-state index >= 15 is 0 Å². The SMILES string of the molecule is CCCCCCCCCCCc1ncc(C(CCC)c2nc(N)nc(N)n2)[nH]1. The van der Waals surface area contributed by atoms with Crippen molar-refractivity contribution in [3.8, 4) is 0 Å². The molecule has 0 radical (unpaired) electrons. The first-order chi connectivity index (χ1) is 13.6. The molecule has 7 nitrogen and oxygen atoms in total. The van der Waals surface area contributed by atoms with Crippen LogP contribution in [0.3, 0.4) is 0 Å². The lowest BCUT2D eigenvalue weighted by atomic mass is 9.99. The summed E-state index contributed by atoms with van der Waals surface area (Å²) in [6, 6.07) is 0. The Morgan fingerprint density at radius 1 is 0.821 bits per heavy atom. The molecule has 156 valence electrons. The van der Waals surface area contributed by atoms with Crippen molar-refractivity contribution in [1.82, 2.24) is 24.9 Å². The predicted octanol–water partition coefficient (Wildman–Crippen LogP) is 4.76. The molecule has 5 N–H and O–H groups in total. The maximum absolute atomic E-state index is 5.75. The summed E-state index contributed by atoms with van der Waals surface area (Å²) in [4.78, 5) is 20.5. The number of nitrogens with two attached hydrogens (primary N) is 2. The van der Waals surface area contributed by atoms with E-state index < -0.39 is 0 Å². The largest absolute Gasteiger partial charge is 0.368 e. The third kappa shape index (κ3) is 7.44. The first-order valence-electron chi connectivity index (χ1n) is 10.9. The molecular weight excluding hydrogens is 350 g/mol. The molecule has 2 aromatic rings. The number of hydrogen-bond donors (Lipinski definition) is 3. The van der Waals surface area contributed by atoms with Crippen molar-refractivity contribution in [2.75, 3.05) is 11.5 Å². The van der Waals surface area contributed by atoms with Crippen LogP contribution in [0.25, 0.3) is 0 Å². The summed E-state index contributed by atoms with van der Waals surface area (Å²) in [6.07, 6.45) is 16.8. The van der Waals surface area contributed by atoms with Gasteiger partial charge in [0.05, 0.1) is 5.92 Å². The number of anilines is 2. The van der Waals surface area contributed by atoms with Crippen molar-refractivity contribution >= 4 is 11.9 Å². The van der Waals surface area contributed by atoms with Crippen molar-refractivity contribution in [2.45, 2.75) is 96.8 Å². The first-order valence-corrected chi connectivity index (χ1v) is 10.9. The summed E-state index contributed by atoms with van der Waals surface area (Å²) >= 11 is 0. The van der Waals surface area contributed by atoms with E-state index in [1.54, 1.807) is 0 Å². The molecule has 7 heteroatoms. The van der Waals surface area contributed by atoms with E-state index in [4.69, 9.17) is 11.5 Å². The number of nitrogens with zero attached hydrogens (tertiary/aromatic N) is 4. The van der Waals surface area contributed by atoms with Gasteiger partial charge < -0.3 is 16.5 Å². The number of H-pyrrole nitrogens is 1. The van der Waals surface area contributed by atoms with Crippen LogP contribution < -0.4 is 11.5 Å². The Balaban J connectivity index is 1.80. The van der Waals surface area contributed by atoms with Crippen molar-refractivity contribution in [2.24, 2.45) is 0 Å². The Morgan fingerprint density at radius 2 is 1.43 bits per heavy atom. The Hall–Kier alpha value is -2.18. The van der Waals surface area contributed by atoms with Gasteiger partial charge in [-0.25, -0.2) is 4.98 Å². The third-order valence-corrected chi connectivity index (χ3v) is 5.12. The van der Waals surface area contributed by atoms with Gasteiger partial charge in [-0.05, 0) is 12.8 Å². The Labute approximate surface area is 169 Å². The van der Waals surface area contributed by atoms with Crippen LogP contribution >= 0.6 is 0 Å². The second-order valence-corrected chi connectivity index (χ2v) is 7.61. The van der Waals surface area contributed by atoms with Gasteiger partial charge in [-0.1, -0.05) is 71.6 Å². The zero-order valence-electron chi connectivity index (χ0n) is 17.6. The van der Waals surface area contributed by atoms with Gasteiger partial charge in [-0.3, -0.25) is 0 Å². The van der Waals surface area contributed by atoms with Crippen LogP contribution in [-0.2, 0) is 6.42 Å². The zero-order chi connectivity index (χ0) is 20.2. The summed E-state index contributed by atoms with van der Waals surface area (Å²) in [6.45, 7) is 4.40. The third-order valence-electron chi connectivity index (χ3n) is 5.12. The molecule has 0 aromatic carbocycles. The van der Waals surface area contributed by atoms with Crippen LogP contribution in [0.15, 0.2) is 6.20 Å². The molecule has 0 spiro atoms. The average Bonchev–Trinajstić information content (AvgIpc) is 3.12. The van der Waals surface area contributed by atoms with E-state index in [-0.39, 0.29) is 17.8 Å². The van der Waals surface area contributed by atoms with E-state index in [1.807, 2.05) is 6.20 Å². The minimum atomic E-state index is 0.0157. The number of nitrogens with one attached hydrogen (secondary N) is 1. The molecule has 2 heterocycles. The zero-order valence-corrected chi connectivity index (χ0v) is 17.6. The number of aromatic nitrogens is 5. The lowest BCUT2D eigenvalue weighted by Crippen LogP contribution is -2.12. The van der Waals surface area contributed by atoms with Crippen molar-refractivity contribution in [3.05, 3.63) is 23.5 Å². The molecule has 2 rings (SSSR count). The lowest BCUT2D eigenvalue weighted by molar-refractivity contribution is 0.562. The van der Waals surface area contributed by atoms with Crippen LogP contribution in [0, 0.1) is 0 Å². The molecule has 0 bridgehead atoms. The number of aromatic amines is 1. The van der Waals surface area contributed by atoms with E-state index in [0.717, 1.165) is 30.8 Å². The second-order valence-electron chi connectivity index (χ2n) is 7.61. The minimum absolute atomic E-state index is 0.0157. The molecule has 1 unspecified atom stereocenters. The van der Waals surface area contributed by atoms with Gasteiger partial charge in [0.15, 0.2) is 0 Å². The summed E-state index contributed by atoms with van der Waals surface area (Å²) in [5.41, 5.74) is 12.5. The van der Waals surface area contributed by atoms with E-state index in [0.29, 0.717) is 5.82 Å².